The van der Waals surface area contributed by atoms with Crippen LogP contribution in [0.3, 0.4) is 0 Å². The minimum Gasteiger partial charge on any atom is -0.544 e. The van der Waals surface area contributed by atoms with Crippen molar-refractivity contribution in [2.75, 3.05) is 60.3 Å². The van der Waals surface area contributed by atoms with E-state index in [2.05, 4.69) is 5.32 Å². The van der Waals surface area contributed by atoms with Crippen LogP contribution in [0.15, 0.2) is 0 Å². The SMILES string of the molecule is C[N+](C)(CCCNC(CC(=O)OCCCCCCCCF)C(=O)OCCCCCCCCF)CC(=O)[O-]. The number of alkyl halides is 2. The Hall–Kier alpha value is -1.81. The molecule has 0 aliphatic heterocycles. The van der Waals surface area contributed by atoms with Crippen LogP contribution in [0, 0.1) is 0 Å². The average Bonchev–Trinajstić information content (AvgIpc) is 2.83. The summed E-state index contributed by atoms with van der Waals surface area (Å²) < 4.78 is 35.1. The minimum absolute atomic E-state index is 0.110. The standard InChI is InChI=1S/C27H50F2N2O6/c1-31(2,23-25(32)33)19-15-18-30-24(27(35)37-21-14-10-6-4-8-12-17-29)22-26(34)36-20-13-9-5-3-7-11-16-28/h24,30H,3-23H2,1-2H3. The number of nitrogens with one attached hydrogen (secondary N) is 1. The first-order chi connectivity index (χ1) is 17.7. The van der Waals surface area contributed by atoms with Crippen molar-refractivity contribution in [2.24, 2.45) is 0 Å². The van der Waals surface area contributed by atoms with E-state index in [-0.39, 0.29) is 44.0 Å². The third-order valence-corrected chi connectivity index (χ3v) is 6.11. The lowest BCUT2D eigenvalue weighted by atomic mass is 10.1. The molecule has 8 nitrogen and oxygen atoms in total. The minimum atomic E-state index is -1.12. The van der Waals surface area contributed by atoms with Crippen LogP contribution in [0.25, 0.3) is 0 Å². The van der Waals surface area contributed by atoms with Gasteiger partial charge in [-0.15, -0.1) is 0 Å². The van der Waals surface area contributed by atoms with Crippen LogP contribution < -0.4 is 10.4 Å². The van der Waals surface area contributed by atoms with E-state index in [1.54, 1.807) is 14.1 Å². The second kappa shape index (κ2) is 23.3. The molecule has 0 saturated heterocycles. The first-order valence-electron chi connectivity index (χ1n) is 13.9. The number of rotatable bonds is 26. The molecule has 0 aliphatic carbocycles. The van der Waals surface area contributed by atoms with Gasteiger partial charge in [0.25, 0.3) is 0 Å². The van der Waals surface area contributed by atoms with Crippen molar-refractivity contribution >= 4 is 17.9 Å². The number of nitrogens with zero attached hydrogens (tertiary/aromatic N) is 1. The van der Waals surface area contributed by atoms with Crippen molar-refractivity contribution in [3.05, 3.63) is 0 Å². The molecule has 37 heavy (non-hydrogen) atoms. The number of esters is 2. The van der Waals surface area contributed by atoms with Gasteiger partial charge in [0.2, 0.25) is 0 Å². The zero-order chi connectivity index (χ0) is 27.8. The Labute approximate surface area is 222 Å². The number of carboxylic acid groups (broad SMARTS) is 1. The normalized spacial score (nSPS) is 12.3. The molecule has 0 bridgehead atoms. The number of halogens is 2. The zero-order valence-corrected chi connectivity index (χ0v) is 23.1. The summed E-state index contributed by atoms with van der Waals surface area (Å²) >= 11 is 0. The maximum Gasteiger partial charge on any atom is 0.323 e. The van der Waals surface area contributed by atoms with Crippen LogP contribution in [0.4, 0.5) is 8.78 Å². The average molecular weight is 537 g/mol. The number of quaternary nitrogens is 1. The van der Waals surface area contributed by atoms with E-state index in [1.807, 2.05) is 0 Å². The van der Waals surface area contributed by atoms with Crippen LogP contribution >= 0.6 is 0 Å². The maximum absolute atomic E-state index is 12.6. The highest BCUT2D eigenvalue weighted by atomic mass is 19.1. The van der Waals surface area contributed by atoms with Gasteiger partial charge in [-0.1, -0.05) is 51.4 Å². The van der Waals surface area contributed by atoms with E-state index in [1.165, 1.54) is 0 Å². The molecule has 0 aliphatic rings. The molecule has 0 aromatic rings. The molecule has 0 spiro atoms. The number of hydrogen-bond donors (Lipinski definition) is 1. The monoisotopic (exact) mass is 536 g/mol. The Morgan fingerprint density at radius 3 is 1.76 bits per heavy atom. The number of hydrogen-bond acceptors (Lipinski definition) is 7. The van der Waals surface area contributed by atoms with Gasteiger partial charge in [0.15, 0.2) is 0 Å². The number of unbranched alkanes of at least 4 members (excludes halogenated alkanes) is 10. The fourth-order valence-corrected chi connectivity index (χ4v) is 3.94. The van der Waals surface area contributed by atoms with Gasteiger partial charge < -0.3 is 29.2 Å². The van der Waals surface area contributed by atoms with E-state index in [9.17, 15) is 28.3 Å². The Bertz CT molecular complexity index is 607. The Morgan fingerprint density at radius 2 is 1.24 bits per heavy atom. The fraction of sp³-hybridized carbons (Fsp3) is 0.889. The van der Waals surface area contributed by atoms with Crippen LogP contribution in [-0.2, 0) is 23.9 Å². The molecule has 1 atom stereocenters. The fourth-order valence-electron chi connectivity index (χ4n) is 3.94. The van der Waals surface area contributed by atoms with Gasteiger partial charge in [0.1, 0.15) is 12.6 Å². The number of likely N-dealkylation sites (N-methyl/N-ethyl adjacent to an activating group) is 1. The predicted octanol–water partition coefficient (Wildman–Crippen LogP) is 3.26. The van der Waals surface area contributed by atoms with E-state index < -0.39 is 23.9 Å². The van der Waals surface area contributed by atoms with Crippen molar-refractivity contribution in [2.45, 2.75) is 95.9 Å². The van der Waals surface area contributed by atoms with Crippen molar-refractivity contribution < 1.29 is 42.2 Å². The molecule has 218 valence electrons. The summed E-state index contributed by atoms with van der Waals surface area (Å²) in [6.07, 6.45) is 10.4. The Balaban J connectivity index is 4.46. The third kappa shape index (κ3) is 23.1. The summed E-state index contributed by atoms with van der Waals surface area (Å²) in [6, 6.07) is -0.838. The second-order valence-corrected chi connectivity index (χ2v) is 10.3. The van der Waals surface area contributed by atoms with Gasteiger partial charge in [0, 0.05) is 13.0 Å². The van der Waals surface area contributed by atoms with Gasteiger partial charge in [0.05, 0.1) is 59.6 Å². The van der Waals surface area contributed by atoms with E-state index in [0.29, 0.717) is 38.8 Å². The van der Waals surface area contributed by atoms with Gasteiger partial charge in [-0.25, -0.2) is 0 Å². The van der Waals surface area contributed by atoms with Crippen molar-refractivity contribution in [3.63, 3.8) is 0 Å². The van der Waals surface area contributed by atoms with Crippen LogP contribution in [0.5, 0.6) is 0 Å². The molecule has 0 aromatic heterocycles. The topological polar surface area (TPSA) is 105 Å². The molecule has 0 radical (unpaired) electrons. The molecule has 1 N–H and O–H groups in total. The first kappa shape index (κ1) is 35.2. The zero-order valence-electron chi connectivity index (χ0n) is 23.1. The van der Waals surface area contributed by atoms with Gasteiger partial charge in [-0.2, -0.15) is 0 Å². The molecule has 10 heteroatoms. The number of aliphatic carboxylic acids is 1. The summed E-state index contributed by atoms with van der Waals surface area (Å²) in [5.41, 5.74) is 0. The lowest BCUT2D eigenvalue weighted by Gasteiger charge is -2.30. The van der Waals surface area contributed by atoms with E-state index in [0.717, 1.165) is 57.8 Å². The summed E-state index contributed by atoms with van der Waals surface area (Å²) in [7, 11) is 3.58. The Morgan fingerprint density at radius 1 is 0.757 bits per heavy atom. The molecule has 0 amide bonds. The highest BCUT2D eigenvalue weighted by Crippen LogP contribution is 2.08. The number of carbonyl (C=O) groups is 3. The molecule has 1 unspecified atom stereocenters. The molecule has 0 saturated carbocycles. The summed E-state index contributed by atoms with van der Waals surface area (Å²) in [4.78, 5) is 35.9. The van der Waals surface area contributed by atoms with Crippen molar-refractivity contribution in [3.8, 4) is 0 Å². The number of carbonyl (C=O) groups excluding carboxylic acids is 3. The molecule has 0 heterocycles. The highest BCUT2D eigenvalue weighted by Gasteiger charge is 2.24. The van der Waals surface area contributed by atoms with Crippen molar-refractivity contribution in [1.82, 2.24) is 5.32 Å². The lowest BCUT2D eigenvalue weighted by Crippen LogP contribution is -2.49. The van der Waals surface area contributed by atoms with Crippen LogP contribution in [0.2, 0.25) is 0 Å². The first-order valence-corrected chi connectivity index (χ1v) is 13.9. The lowest BCUT2D eigenvalue weighted by molar-refractivity contribution is -0.884. The predicted molar refractivity (Wildman–Crippen MR) is 137 cm³/mol. The molecule has 0 aromatic carbocycles. The molecule has 0 fully saturated rings. The smallest absolute Gasteiger partial charge is 0.323 e. The molecular weight excluding hydrogens is 486 g/mol. The van der Waals surface area contributed by atoms with Gasteiger partial charge >= 0.3 is 11.9 Å². The summed E-state index contributed by atoms with van der Waals surface area (Å²) in [5, 5.41) is 13.9. The van der Waals surface area contributed by atoms with Crippen LogP contribution in [0.1, 0.15) is 89.9 Å². The second-order valence-electron chi connectivity index (χ2n) is 10.3. The third-order valence-electron chi connectivity index (χ3n) is 6.11. The van der Waals surface area contributed by atoms with Crippen molar-refractivity contribution in [1.29, 1.82) is 0 Å². The van der Waals surface area contributed by atoms with Crippen LogP contribution in [-0.4, -0.2) is 88.7 Å². The van der Waals surface area contributed by atoms with Gasteiger partial charge in [-0.05, 0) is 25.7 Å². The largest absolute Gasteiger partial charge is 0.544 e. The number of ether oxygens (including phenoxy) is 2. The molecular formula is C27H50F2N2O6. The maximum atomic E-state index is 12.6. The highest BCUT2D eigenvalue weighted by molar-refractivity contribution is 5.82. The molecule has 0 rings (SSSR count). The van der Waals surface area contributed by atoms with Gasteiger partial charge in [-0.3, -0.25) is 18.4 Å². The summed E-state index contributed by atoms with van der Waals surface area (Å²) in [6.45, 7) is 0.822. The number of carboxylic acids is 1. The van der Waals surface area contributed by atoms with E-state index in [4.69, 9.17) is 9.47 Å². The van der Waals surface area contributed by atoms with E-state index >= 15 is 0 Å². The summed E-state index contributed by atoms with van der Waals surface area (Å²) in [5.74, 6) is -2.11. The quantitative estimate of drug-likeness (QED) is 0.103. The Kier molecular flexibility index (Phi) is 22.2.